The molecule has 2 amide bonds. The van der Waals surface area contributed by atoms with Crippen molar-refractivity contribution < 1.29 is 9.59 Å². The number of rotatable bonds is 8. The number of carbonyl (C=O) groups excluding carboxylic acids is 2. The molecule has 1 N–H and O–H groups in total. The lowest BCUT2D eigenvalue weighted by Crippen LogP contribution is -2.49. The fraction of sp³-hybridized carbons (Fsp3) is 0.440. The Morgan fingerprint density at radius 3 is 2.37 bits per heavy atom. The Balaban J connectivity index is 1.46. The molecule has 0 aliphatic carbocycles. The van der Waals surface area contributed by atoms with Crippen molar-refractivity contribution in [2.24, 2.45) is 0 Å². The summed E-state index contributed by atoms with van der Waals surface area (Å²) in [5.74, 6) is 0.276. The minimum absolute atomic E-state index is 0.0805. The first-order valence-corrected chi connectivity index (χ1v) is 11.0. The Hall–Kier alpha value is -2.82. The fourth-order valence-corrected chi connectivity index (χ4v) is 3.84. The van der Waals surface area contributed by atoms with Crippen LogP contribution >= 0.6 is 0 Å². The minimum Gasteiger partial charge on any atom is -0.368 e. The smallest absolute Gasteiger partial charge is 0.227 e. The van der Waals surface area contributed by atoms with E-state index in [1.54, 1.807) is 0 Å². The zero-order valence-electron chi connectivity index (χ0n) is 18.2. The molecule has 1 aliphatic heterocycles. The monoisotopic (exact) mass is 407 g/mol. The number of aryl methyl sites for hydroxylation is 1. The minimum atomic E-state index is 0.0805. The number of carbonyl (C=O) groups is 2. The van der Waals surface area contributed by atoms with Crippen molar-refractivity contribution in [1.29, 1.82) is 0 Å². The van der Waals surface area contributed by atoms with Gasteiger partial charge in [-0.25, -0.2) is 0 Å². The van der Waals surface area contributed by atoms with Crippen molar-refractivity contribution in [2.45, 2.75) is 46.0 Å². The van der Waals surface area contributed by atoms with Crippen molar-refractivity contribution in [3.05, 3.63) is 59.7 Å². The summed E-state index contributed by atoms with van der Waals surface area (Å²) in [6, 6.07) is 16.2. The van der Waals surface area contributed by atoms with Gasteiger partial charge in [-0.2, -0.15) is 0 Å². The third-order valence-corrected chi connectivity index (χ3v) is 5.59. The number of nitrogens with one attached hydrogen (secondary N) is 1. The molecule has 0 spiro atoms. The lowest BCUT2D eigenvalue weighted by atomic mass is 10.1. The Kier molecular flexibility index (Phi) is 7.89. The summed E-state index contributed by atoms with van der Waals surface area (Å²) in [7, 11) is 0. The number of benzene rings is 2. The van der Waals surface area contributed by atoms with E-state index < -0.39 is 0 Å². The molecule has 0 saturated carbocycles. The lowest BCUT2D eigenvalue weighted by molar-refractivity contribution is -0.130. The van der Waals surface area contributed by atoms with Crippen LogP contribution in [0.4, 0.5) is 11.4 Å². The number of amides is 2. The summed E-state index contributed by atoms with van der Waals surface area (Å²) in [4.78, 5) is 28.9. The third kappa shape index (κ3) is 6.34. The summed E-state index contributed by atoms with van der Waals surface area (Å²) in [5.41, 5.74) is 4.23. The average Bonchev–Trinajstić information content (AvgIpc) is 2.75. The molecule has 3 rings (SSSR count). The summed E-state index contributed by atoms with van der Waals surface area (Å²) in [5, 5.41) is 2.97. The van der Waals surface area contributed by atoms with Crippen LogP contribution in [0.2, 0.25) is 0 Å². The average molecular weight is 408 g/mol. The SMILES string of the molecule is CCCCCC(=O)Nc1ccc(N2CCN(C(=O)Cc3cccc(C)c3)CC2)cc1. The quantitative estimate of drug-likeness (QED) is 0.660. The molecule has 0 aromatic heterocycles. The van der Waals surface area contributed by atoms with Gasteiger partial charge in [0.05, 0.1) is 6.42 Å². The Labute approximate surface area is 180 Å². The van der Waals surface area contributed by atoms with Crippen LogP contribution < -0.4 is 10.2 Å². The molecule has 1 heterocycles. The standard InChI is InChI=1S/C25H33N3O2/c1-3-4-5-9-24(29)26-22-10-12-23(13-11-22)27-14-16-28(17-15-27)25(30)19-21-8-6-7-20(2)18-21/h6-8,10-13,18H,3-5,9,14-17,19H2,1-2H3,(H,26,29). The van der Waals surface area contributed by atoms with Gasteiger partial charge in [0.1, 0.15) is 0 Å². The summed E-state index contributed by atoms with van der Waals surface area (Å²) in [6.45, 7) is 7.30. The molecular formula is C25H33N3O2. The molecule has 2 aromatic carbocycles. The lowest BCUT2D eigenvalue weighted by Gasteiger charge is -2.36. The van der Waals surface area contributed by atoms with Crippen LogP contribution in [-0.2, 0) is 16.0 Å². The van der Waals surface area contributed by atoms with Crippen molar-refractivity contribution in [1.82, 2.24) is 4.90 Å². The molecule has 0 radical (unpaired) electrons. The molecule has 160 valence electrons. The van der Waals surface area contributed by atoms with Crippen molar-refractivity contribution in [3.8, 4) is 0 Å². The van der Waals surface area contributed by atoms with Gasteiger partial charge < -0.3 is 15.1 Å². The molecule has 0 atom stereocenters. The third-order valence-electron chi connectivity index (χ3n) is 5.59. The van der Waals surface area contributed by atoms with E-state index in [1.165, 1.54) is 5.56 Å². The molecule has 1 saturated heterocycles. The summed E-state index contributed by atoms with van der Waals surface area (Å²) in [6.07, 6.45) is 4.19. The predicted molar refractivity (Wildman–Crippen MR) is 123 cm³/mol. The van der Waals surface area contributed by atoms with E-state index in [4.69, 9.17) is 0 Å². The van der Waals surface area contributed by atoms with Gasteiger partial charge in [-0.3, -0.25) is 9.59 Å². The van der Waals surface area contributed by atoms with Crippen LogP contribution in [0.1, 0.15) is 43.7 Å². The van der Waals surface area contributed by atoms with Crippen LogP contribution in [0.15, 0.2) is 48.5 Å². The highest BCUT2D eigenvalue weighted by molar-refractivity contribution is 5.90. The second-order valence-corrected chi connectivity index (χ2v) is 8.09. The van der Waals surface area contributed by atoms with E-state index >= 15 is 0 Å². The predicted octanol–water partition coefficient (Wildman–Crippen LogP) is 4.41. The maximum absolute atomic E-state index is 12.6. The summed E-state index contributed by atoms with van der Waals surface area (Å²) < 4.78 is 0. The zero-order valence-corrected chi connectivity index (χ0v) is 18.2. The number of hydrogen-bond acceptors (Lipinski definition) is 3. The number of hydrogen-bond donors (Lipinski definition) is 1. The molecule has 5 heteroatoms. The Morgan fingerprint density at radius 1 is 0.967 bits per heavy atom. The van der Waals surface area contributed by atoms with E-state index in [0.717, 1.165) is 62.4 Å². The van der Waals surface area contributed by atoms with Gasteiger partial charge in [0, 0.05) is 44.0 Å². The van der Waals surface area contributed by atoms with E-state index in [0.29, 0.717) is 12.8 Å². The second kappa shape index (κ2) is 10.8. The second-order valence-electron chi connectivity index (χ2n) is 8.09. The van der Waals surface area contributed by atoms with Gasteiger partial charge >= 0.3 is 0 Å². The topological polar surface area (TPSA) is 52.7 Å². The van der Waals surface area contributed by atoms with Gasteiger partial charge in [-0.15, -0.1) is 0 Å². The van der Waals surface area contributed by atoms with Crippen LogP contribution in [0.5, 0.6) is 0 Å². The largest absolute Gasteiger partial charge is 0.368 e. The van der Waals surface area contributed by atoms with Crippen molar-refractivity contribution in [2.75, 3.05) is 36.4 Å². The maximum Gasteiger partial charge on any atom is 0.227 e. The first kappa shape index (κ1) is 21.9. The number of anilines is 2. The Morgan fingerprint density at radius 2 is 1.70 bits per heavy atom. The Bertz CT molecular complexity index is 840. The molecule has 1 aliphatic rings. The van der Waals surface area contributed by atoms with Crippen LogP contribution in [-0.4, -0.2) is 42.9 Å². The van der Waals surface area contributed by atoms with Crippen molar-refractivity contribution >= 4 is 23.2 Å². The first-order chi connectivity index (χ1) is 14.5. The number of nitrogens with zero attached hydrogens (tertiary/aromatic N) is 2. The van der Waals surface area contributed by atoms with Gasteiger partial charge in [0.2, 0.25) is 11.8 Å². The summed E-state index contributed by atoms with van der Waals surface area (Å²) >= 11 is 0. The van der Waals surface area contributed by atoms with E-state index in [9.17, 15) is 9.59 Å². The highest BCUT2D eigenvalue weighted by Crippen LogP contribution is 2.20. The molecular weight excluding hydrogens is 374 g/mol. The van der Waals surface area contributed by atoms with Crippen molar-refractivity contribution in [3.63, 3.8) is 0 Å². The van der Waals surface area contributed by atoms with Crippen LogP contribution in [0.25, 0.3) is 0 Å². The molecule has 5 nitrogen and oxygen atoms in total. The maximum atomic E-state index is 12.6. The highest BCUT2D eigenvalue weighted by Gasteiger charge is 2.21. The van der Waals surface area contributed by atoms with E-state index in [2.05, 4.69) is 36.2 Å². The molecule has 0 unspecified atom stereocenters. The van der Waals surface area contributed by atoms with Gasteiger partial charge in [0.25, 0.3) is 0 Å². The molecule has 2 aromatic rings. The van der Waals surface area contributed by atoms with Gasteiger partial charge in [0.15, 0.2) is 0 Å². The zero-order chi connectivity index (χ0) is 21.3. The van der Waals surface area contributed by atoms with Gasteiger partial charge in [-0.05, 0) is 43.2 Å². The normalized spacial score (nSPS) is 13.9. The number of unbranched alkanes of at least 4 members (excludes halogenated alkanes) is 2. The number of piperazine rings is 1. The van der Waals surface area contributed by atoms with E-state index in [1.807, 2.05) is 41.3 Å². The molecule has 1 fully saturated rings. The fourth-order valence-electron chi connectivity index (χ4n) is 3.84. The first-order valence-electron chi connectivity index (χ1n) is 11.0. The van der Waals surface area contributed by atoms with Gasteiger partial charge in [-0.1, -0.05) is 49.6 Å². The highest BCUT2D eigenvalue weighted by atomic mass is 16.2. The van der Waals surface area contributed by atoms with E-state index in [-0.39, 0.29) is 11.8 Å². The molecule has 0 bridgehead atoms. The van der Waals surface area contributed by atoms with Crippen LogP contribution in [0.3, 0.4) is 0 Å². The van der Waals surface area contributed by atoms with Crippen LogP contribution in [0, 0.1) is 6.92 Å². The molecule has 30 heavy (non-hydrogen) atoms.